The number of rotatable bonds is 5. The largest absolute Gasteiger partial charge is 0.373 e. The molecular weight excluding hydrogens is 408 g/mol. The van der Waals surface area contributed by atoms with Crippen molar-refractivity contribution >= 4 is 23.2 Å². The first kappa shape index (κ1) is 22.3. The fourth-order valence-electron chi connectivity index (χ4n) is 5.43. The van der Waals surface area contributed by atoms with E-state index in [1.165, 1.54) is 5.56 Å². The molecule has 5 heteroatoms. The molecule has 1 amide bonds. The Labute approximate surface area is 190 Å². The SMILES string of the molecule is CCC(O)N1C(=O)C(N2CCC(Cc3ccccc3)CC2)C(C)(C)c2cccc(Cl)c21. The Balaban J connectivity index is 1.59. The predicted octanol–water partition coefficient (Wildman–Crippen LogP) is 5.02. The van der Waals surface area contributed by atoms with Gasteiger partial charge in [-0.05, 0) is 61.9 Å². The number of amides is 1. The van der Waals surface area contributed by atoms with E-state index in [9.17, 15) is 9.90 Å². The van der Waals surface area contributed by atoms with Crippen molar-refractivity contribution in [2.75, 3.05) is 18.0 Å². The molecule has 2 aromatic carbocycles. The highest BCUT2D eigenvalue weighted by Gasteiger charge is 2.50. The number of hydrogen-bond acceptors (Lipinski definition) is 3. The first-order valence-electron chi connectivity index (χ1n) is 11.4. The number of hydrogen-bond donors (Lipinski definition) is 1. The molecule has 2 aromatic rings. The molecule has 0 saturated carbocycles. The molecule has 0 aromatic heterocycles. The van der Waals surface area contributed by atoms with Gasteiger partial charge in [0.15, 0.2) is 0 Å². The van der Waals surface area contributed by atoms with Gasteiger partial charge < -0.3 is 5.11 Å². The first-order valence-corrected chi connectivity index (χ1v) is 11.8. The van der Waals surface area contributed by atoms with E-state index < -0.39 is 11.6 Å². The van der Waals surface area contributed by atoms with Crippen LogP contribution in [0.1, 0.15) is 51.2 Å². The maximum absolute atomic E-state index is 13.8. The zero-order valence-corrected chi connectivity index (χ0v) is 19.5. The maximum Gasteiger partial charge on any atom is 0.247 e. The van der Waals surface area contributed by atoms with Gasteiger partial charge in [0.05, 0.1) is 16.8 Å². The minimum absolute atomic E-state index is 0.0403. The first-order chi connectivity index (χ1) is 14.8. The number of carbonyl (C=O) groups excluding carboxylic acids is 1. The summed E-state index contributed by atoms with van der Waals surface area (Å²) in [6.45, 7) is 7.94. The second kappa shape index (κ2) is 8.93. The summed E-state index contributed by atoms with van der Waals surface area (Å²) in [6, 6.07) is 16.1. The van der Waals surface area contributed by atoms with E-state index in [1.54, 1.807) is 11.0 Å². The van der Waals surface area contributed by atoms with Gasteiger partial charge in [-0.3, -0.25) is 14.6 Å². The summed E-state index contributed by atoms with van der Waals surface area (Å²) in [7, 11) is 0. The molecular formula is C26H33ClN2O2. The molecule has 0 radical (unpaired) electrons. The minimum Gasteiger partial charge on any atom is -0.373 e. The van der Waals surface area contributed by atoms with Gasteiger partial charge in [-0.2, -0.15) is 0 Å². The third kappa shape index (κ3) is 4.13. The normalized spacial score (nSPS) is 22.9. The number of benzene rings is 2. The van der Waals surface area contributed by atoms with Crippen molar-refractivity contribution in [3.05, 3.63) is 64.7 Å². The number of piperidine rings is 1. The van der Waals surface area contributed by atoms with Crippen LogP contribution in [-0.2, 0) is 16.6 Å². The lowest BCUT2D eigenvalue weighted by Gasteiger charge is -2.51. The molecule has 1 N–H and O–H groups in total. The standard InChI is InChI=1S/C26H33ClN2O2/c1-4-22(30)29-23-20(11-8-12-21(23)27)26(2,3)24(25(29)31)28-15-13-19(14-16-28)17-18-9-6-5-7-10-18/h5-12,19,22,24,30H,4,13-17H2,1-3H3. The summed E-state index contributed by atoms with van der Waals surface area (Å²) in [6.07, 6.45) is 2.83. The number of anilines is 1. The predicted molar refractivity (Wildman–Crippen MR) is 126 cm³/mol. The number of para-hydroxylation sites is 1. The number of nitrogens with zero attached hydrogens (tertiary/aromatic N) is 2. The summed E-state index contributed by atoms with van der Waals surface area (Å²) in [5.74, 6) is 0.598. The monoisotopic (exact) mass is 440 g/mol. The number of likely N-dealkylation sites (tertiary alicyclic amines) is 1. The average molecular weight is 441 g/mol. The van der Waals surface area contributed by atoms with E-state index >= 15 is 0 Å². The topological polar surface area (TPSA) is 43.8 Å². The fourth-order valence-corrected chi connectivity index (χ4v) is 5.70. The van der Waals surface area contributed by atoms with Gasteiger partial charge in [0.25, 0.3) is 0 Å². The molecule has 0 spiro atoms. The van der Waals surface area contributed by atoms with Crippen molar-refractivity contribution in [1.82, 2.24) is 4.90 Å². The van der Waals surface area contributed by atoms with Gasteiger partial charge in [0, 0.05) is 5.41 Å². The summed E-state index contributed by atoms with van der Waals surface area (Å²) in [5, 5.41) is 11.3. The van der Waals surface area contributed by atoms with Crippen LogP contribution in [-0.4, -0.2) is 41.3 Å². The number of fused-ring (bicyclic) bond motifs is 1. The average Bonchev–Trinajstić information content (AvgIpc) is 2.76. The number of aliphatic hydroxyl groups is 1. The van der Waals surface area contributed by atoms with Crippen LogP contribution in [0.3, 0.4) is 0 Å². The van der Waals surface area contributed by atoms with Gasteiger partial charge in [0.1, 0.15) is 6.23 Å². The van der Waals surface area contributed by atoms with E-state index in [0.717, 1.165) is 37.9 Å². The van der Waals surface area contributed by atoms with E-state index in [0.29, 0.717) is 23.0 Å². The lowest BCUT2D eigenvalue weighted by atomic mass is 9.72. The molecule has 2 unspecified atom stereocenters. The van der Waals surface area contributed by atoms with Gasteiger partial charge in [-0.25, -0.2) is 0 Å². The van der Waals surface area contributed by atoms with Gasteiger partial charge in [-0.1, -0.05) is 74.8 Å². The molecule has 4 rings (SSSR count). The summed E-state index contributed by atoms with van der Waals surface area (Å²) in [5.41, 5.74) is 2.69. The summed E-state index contributed by atoms with van der Waals surface area (Å²) < 4.78 is 0. The van der Waals surface area contributed by atoms with Crippen LogP contribution in [0.15, 0.2) is 48.5 Å². The van der Waals surface area contributed by atoms with Crippen molar-refractivity contribution in [1.29, 1.82) is 0 Å². The van der Waals surface area contributed by atoms with Crippen molar-refractivity contribution in [2.45, 2.75) is 64.1 Å². The molecule has 2 aliphatic rings. The number of halogens is 1. The maximum atomic E-state index is 13.8. The van der Waals surface area contributed by atoms with Crippen LogP contribution >= 0.6 is 11.6 Å². The Kier molecular flexibility index (Phi) is 6.43. The zero-order valence-electron chi connectivity index (χ0n) is 18.7. The summed E-state index contributed by atoms with van der Waals surface area (Å²) >= 11 is 6.54. The Hall–Kier alpha value is -1.88. The molecule has 4 nitrogen and oxygen atoms in total. The fraction of sp³-hybridized carbons (Fsp3) is 0.500. The van der Waals surface area contributed by atoms with E-state index in [4.69, 9.17) is 11.6 Å². The Morgan fingerprint density at radius 2 is 1.77 bits per heavy atom. The van der Waals surface area contributed by atoms with Crippen LogP contribution in [0.5, 0.6) is 0 Å². The van der Waals surface area contributed by atoms with Crippen LogP contribution < -0.4 is 4.90 Å². The molecule has 1 fully saturated rings. The third-order valence-corrected chi connectivity index (χ3v) is 7.43. The smallest absolute Gasteiger partial charge is 0.247 e. The Bertz CT molecular complexity index is 922. The molecule has 2 atom stereocenters. The number of carbonyl (C=O) groups is 1. The van der Waals surface area contributed by atoms with E-state index in [2.05, 4.69) is 55.1 Å². The Morgan fingerprint density at radius 1 is 1.10 bits per heavy atom. The van der Waals surface area contributed by atoms with Crippen LogP contribution in [0.4, 0.5) is 5.69 Å². The second-order valence-electron chi connectivity index (χ2n) is 9.53. The van der Waals surface area contributed by atoms with Gasteiger partial charge in [0.2, 0.25) is 5.91 Å². The molecule has 2 aliphatic heterocycles. The number of aliphatic hydroxyl groups excluding tert-OH is 1. The highest BCUT2D eigenvalue weighted by molar-refractivity contribution is 6.34. The van der Waals surface area contributed by atoms with Crippen molar-refractivity contribution in [3.63, 3.8) is 0 Å². The van der Waals surface area contributed by atoms with Crippen LogP contribution in [0, 0.1) is 5.92 Å². The lowest BCUT2D eigenvalue weighted by molar-refractivity contribution is -0.130. The lowest BCUT2D eigenvalue weighted by Crippen LogP contribution is -2.63. The highest BCUT2D eigenvalue weighted by Crippen LogP contribution is 2.47. The van der Waals surface area contributed by atoms with Crippen molar-refractivity contribution < 1.29 is 9.90 Å². The van der Waals surface area contributed by atoms with Gasteiger partial charge in [-0.15, -0.1) is 0 Å². The zero-order chi connectivity index (χ0) is 22.2. The molecule has 166 valence electrons. The quantitative estimate of drug-likeness (QED) is 0.710. The van der Waals surface area contributed by atoms with Crippen LogP contribution in [0.2, 0.25) is 5.02 Å². The van der Waals surface area contributed by atoms with E-state index in [-0.39, 0.29) is 11.9 Å². The third-order valence-electron chi connectivity index (χ3n) is 7.12. The van der Waals surface area contributed by atoms with Crippen molar-refractivity contribution in [3.8, 4) is 0 Å². The molecule has 2 heterocycles. The molecule has 1 saturated heterocycles. The summed E-state index contributed by atoms with van der Waals surface area (Å²) in [4.78, 5) is 17.7. The Morgan fingerprint density at radius 3 is 2.42 bits per heavy atom. The van der Waals surface area contributed by atoms with Crippen LogP contribution in [0.25, 0.3) is 0 Å². The van der Waals surface area contributed by atoms with E-state index in [1.807, 2.05) is 13.0 Å². The molecule has 0 bridgehead atoms. The highest BCUT2D eigenvalue weighted by atomic mass is 35.5. The second-order valence-corrected chi connectivity index (χ2v) is 9.93. The van der Waals surface area contributed by atoms with Gasteiger partial charge >= 0.3 is 0 Å². The minimum atomic E-state index is -0.875. The molecule has 31 heavy (non-hydrogen) atoms. The molecule has 0 aliphatic carbocycles. The van der Waals surface area contributed by atoms with Crippen molar-refractivity contribution in [2.24, 2.45) is 5.92 Å².